The molecule has 1 aromatic heterocycles. The van der Waals surface area contributed by atoms with Crippen LogP contribution in [0.2, 0.25) is 0 Å². The highest BCUT2D eigenvalue weighted by molar-refractivity contribution is 6.30. The normalized spacial score (nSPS) is 11.9. The molecule has 0 aliphatic carbocycles. The number of halogens is 1. The molecule has 0 radical (unpaired) electrons. The Balaban J connectivity index is 2.86. The highest BCUT2D eigenvalue weighted by Gasteiger charge is 2.22. The van der Waals surface area contributed by atoms with Gasteiger partial charge in [0, 0.05) is 23.5 Å². The third-order valence-corrected chi connectivity index (χ3v) is 4.28. The lowest BCUT2D eigenvalue weighted by atomic mass is 9.86. The molecular weight excluding hydrogens is 270 g/mol. The number of carbonyl (C=O) groups excluding carboxylic acids is 1. The molecule has 0 amide bonds. The summed E-state index contributed by atoms with van der Waals surface area (Å²) < 4.78 is 2.27. The van der Waals surface area contributed by atoms with Crippen molar-refractivity contribution in [2.75, 3.05) is 5.88 Å². The molecule has 0 aromatic carbocycles. The summed E-state index contributed by atoms with van der Waals surface area (Å²) in [6.45, 7) is 11.9. The van der Waals surface area contributed by atoms with Gasteiger partial charge in [-0.3, -0.25) is 4.79 Å². The van der Waals surface area contributed by atoms with Gasteiger partial charge in [0.05, 0.1) is 5.88 Å². The molecule has 1 rings (SSSR count). The van der Waals surface area contributed by atoms with Crippen molar-refractivity contribution < 1.29 is 4.79 Å². The summed E-state index contributed by atoms with van der Waals surface area (Å²) >= 11 is 5.68. The van der Waals surface area contributed by atoms with E-state index in [-0.39, 0.29) is 17.1 Å². The topological polar surface area (TPSA) is 22.0 Å². The van der Waals surface area contributed by atoms with Crippen molar-refractivity contribution in [3.05, 3.63) is 23.0 Å². The van der Waals surface area contributed by atoms with Crippen molar-refractivity contribution >= 4 is 17.4 Å². The minimum atomic E-state index is 0.0230. The molecule has 0 fully saturated rings. The lowest BCUT2D eigenvalue weighted by Crippen LogP contribution is -2.21. The quantitative estimate of drug-likeness (QED) is 0.370. The van der Waals surface area contributed by atoms with E-state index in [1.54, 1.807) is 0 Å². The van der Waals surface area contributed by atoms with Crippen LogP contribution in [0.3, 0.4) is 0 Å². The van der Waals surface area contributed by atoms with Gasteiger partial charge in [-0.1, -0.05) is 40.0 Å². The number of aryl methyl sites for hydroxylation is 1. The van der Waals surface area contributed by atoms with E-state index in [4.69, 9.17) is 11.6 Å². The number of unbranched alkanes of at least 4 members (excludes halogenated alkanes) is 2. The first-order valence-electron chi connectivity index (χ1n) is 7.58. The Morgan fingerprint density at radius 2 is 1.95 bits per heavy atom. The molecule has 0 aliphatic heterocycles. The molecule has 0 atom stereocenters. The molecule has 0 aliphatic rings. The maximum atomic E-state index is 11.8. The molecule has 20 heavy (non-hydrogen) atoms. The molecular formula is C17H28ClNO. The number of hydrogen-bond acceptors (Lipinski definition) is 1. The highest BCUT2D eigenvalue weighted by atomic mass is 35.5. The number of aromatic nitrogens is 1. The average Bonchev–Trinajstić information content (AvgIpc) is 2.65. The molecule has 3 heteroatoms. The third kappa shape index (κ3) is 4.37. The van der Waals surface area contributed by atoms with Crippen LogP contribution in [-0.4, -0.2) is 16.2 Å². The molecule has 0 N–H and O–H groups in total. The molecule has 0 unspecified atom stereocenters. The average molecular weight is 298 g/mol. The summed E-state index contributed by atoms with van der Waals surface area (Å²) in [6, 6.07) is 1.97. The van der Waals surface area contributed by atoms with Gasteiger partial charge < -0.3 is 4.57 Å². The molecule has 114 valence electrons. The van der Waals surface area contributed by atoms with E-state index in [9.17, 15) is 4.79 Å². The van der Waals surface area contributed by atoms with Crippen LogP contribution in [0.4, 0.5) is 0 Å². The second-order valence-electron chi connectivity index (χ2n) is 6.55. The van der Waals surface area contributed by atoms with Gasteiger partial charge in [-0.2, -0.15) is 0 Å². The maximum absolute atomic E-state index is 11.8. The number of rotatable bonds is 8. The smallest absolute Gasteiger partial charge is 0.179 e. The van der Waals surface area contributed by atoms with Crippen LogP contribution in [-0.2, 0) is 6.54 Å². The molecule has 0 bridgehead atoms. The molecule has 0 saturated heterocycles. The SMILES string of the molecule is CCCCCC(C)(C)Cn1c(C)cc(C(=O)CCl)c1C. The zero-order chi connectivity index (χ0) is 15.3. The van der Waals surface area contributed by atoms with E-state index in [2.05, 4.69) is 32.3 Å². The predicted molar refractivity (Wildman–Crippen MR) is 86.9 cm³/mol. The Bertz CT molecular complexity index is 460. The summed E-state index contributed by atoms with van der Waals surface area (Å²) in [5.41, 5.74) is 3.24. The van der Waals surface area contributed by atoms with Crippen molar-refractivity contribution in [1.29, 1.82) is 0 Å². The fraction of sp³-hybridized carbons (Fsp3) is 0.706. The van der Waals surface area contributed by atoms with E-state index in [1.165, 1.54) is 25.7 Å². The summed E-state index contributed by atoms with van der Waals surface area (Å²) in [4.78, 5) is 11.8. The highest BCUT2D eigenvalue weighted by Crippen LogP contribution is 2.29. The zero-order valence-electron chi connectivity index (χ0n) is 13.6. The van der Waals surface area contributed by atoms with Crippen LogP contribution in [0.5, 0.6) is 0 Å². The monoisotopic (exact) mass is 297 g/mol. The number of alkyl halides is 1. The minimum absolute atomic E-state index is 0.0230. The van der Waals surface area contributed by atoms with Crippen molar-refractivity contribution in [1.82, 2.24) is 4.57 Å². The predicted octanol–water partition coefficient (Wildman–Crippen LogP) is 5.13. The zero-order valence-corrected chi connectivity index (χ0v) is 14.3. The first-order chi connectivity index (χ1) is 9.32. The van der Waals surface area contributed by atoms with Gasteiger partial charge in [0.2, 0.25) is 0 Å². The summed E-state index contributed by atoms with van der Waals surface area (Å²) in [5, 5.41) is 0. The molecule has 0 spiro atoms. The number of nitrogens with zero attached hydrogens (tertiary/aromatic N) is 1. The Labute approximate surface area is 128 Å². The number of ketones is 1. The largest absolute Gasteiger partial charge is 0.348 e. The van der Waals surface area contributed by atoms with Gasteiger partial charge >= 0.3 is 0 Å². The first-order valence-corrected chi connectivity index (χ1v) is 8.11. The van der Waals surface area contributed by atoms with Crippen LogP contribution < -0.4 is 0 Å². The number of hydrogen-bond donors (Lipinski definition) is 0. The van der Waals surface area contributed by atoms with Gasteiger partial charge in [0.1, 0.15) is 0 Å². The summed E-state index contributed by atoms with van der Waals surface area (Å²) in [6.07, 6.45) is 5.04. The van der Waals surface area contributed by atoms with Crippen LogP contribution in [0.15, 0.2) is 6.07 Å². The van der Waals surface area contributed by atoms with Gasteiger partial charge in [0.15, 0.2) is 5.78 Å². The van der Waals surface area contributed by atoms with E-state index in [0.29, 0.717) is 0 Å². The van der Waals surface area contributed by atoms with Crippen molar-refractivity contribution in [3.63, 3.8) is 0 Å². The fourth-order valence-corrected chi connectivity index (χ4v) is 2.90. The number of carbonyl (C=O) groups is 1. The van der Waals surface area contributed by atoms with Crippen LogP contribution in [0, 0.1) is 19.3 Å². The van der Waals surface area contributed by atoms with E-state index in [0.717, 1.165) is 23.5 Å². The molecule has 1 aromatic rings. The van der Waals surface area contributed by atoms with Crippen LogP contribution >= 0.6 is 11.6 Å². The standard InChI is InChI=1S/C17H28ClNO/c1-6-7-8-9-17(4,5)12-19-13(2)10-15(14(19)3)16(20)11-18/h10H,6-9,11-12H2,1-5H3. The number of Topliss-reactive ketones (excluding diaryl/α,β-unsaturated/α-hetero) is 1. The lowest BCUT2D eigenvalue weighted by Gasteiger charge is -2.27. The molecule has 0 saturated carbocycles. The minimum Gasteiger partial charge on any atom is -0.348 e. The molecule has 1 heterocycles. The van der Waals surface area contributed by atoms with Gasteiger partial charge in [0.25, 0.3) is 0 Å². The Morgan fingerprint density at radius 3 is 2.50 bits per heavy atom. The Morgan fingerprint density at radius 1 is 1.30 bits per heavy atom. The summed E-state index contributed by atoms with van der Waals surface area (Å²) in [7, 11) is 0. The second-order valence-corrected chi connectivity index (χ2v) is 6.82. The first kappa shape index (κ1) is 17.3. The van der Waals surface area contributed by atoms with Gasteiger partial charge in [-0.15, -0.1) is 11.6 Å². The Hall–Kier alpha value is -0.760. The molecule has 2 nitrogen and oxygen atoms in total. The van der Waals surface area contributed by atoms with Crippen molar-refractivity contribution in [2.45, 2.75) is 66.8 Å². The second kappa shape index (κ2) is 7.31. The van der Waals surface area contributed by atoms with E-state index < -0.39 is 0 Å². The van der Waals surface area contributed by atoms with Crippen LogP contribution in [0.1, 0.15) is 68.2 Å². The summed E-state index contributed by atoms with van der Waals surface area (Å²) in [5.74, 6) is 0.0827. The Kier molecular flexibility index (Phi) is 6.32. The van der Waals surface area contributed by atoms with E-state index in [1.807, 2.05) is 13.0 Å². The lowest BCUT2D eigenvalue weighted by molar-refractivity contribution is 0.102. The van der Waals surface area contributed by atoms with Crippen molar-refractivity contribution in [3.8, 4) is 0 Å². The fourth-order valence-electron chi connectivity index (χ4n) is 2.76. The van der Waals surface area contributed by atoms with Gasteiger partial charge in [-0.25, -0.2) is 0 Å². The van der Waals surface area contributed by atoms with E-state index >= 15 is 0 Å². The van der Waals surface area contributed by atoms with Gasteiger partial charge in [-0.05, 0) is 31.7 Å². The van der Waals surface area contributed by atoms with Crippen molar-refractivity contribution in [2.24, 2.45) is 5.41 Å². The third-order valence-electron chi connectivity index (χ3n) is 4.04. The maximum Gasteiger partial charge on any atom is 0.179 e. The van der Waals surface area contributed by atoms with Crippen LogP contribution in [0.25, 0.3) is 0 Å².